The summed E-state index contributed by atoms with van der Waals surface area (Å²) in [5.41, 5.74) is 3.54. The molecule has 6 nitrogen and oxygen atoms in total. The van der Waals surface area contributed by atoms with Gasteiger partial charge in [-0.3, -0.25) is 4.72 Å². The molecule has 160 valence electrons. The van der Waals surface area contributed by atoms with Crippen molar-refractivity contribution >= 4 is 27.4 Å². The predicted molar refractivity (Wildman–Crippen MR) is 119 cm³/mol. The first-order chi connectivity index (χ1) is 14.4. The van der Waals surface area contributed by atoms with Crippen LogP contribution in [0.15, 0.2) is 59.0 Å². The molecule has 2 aromatic rings. The fourth-order valence-corrected chi connectivity index (χ4v) is 4.72. The molecule has 7 heteroatoms. The van der Waals surface area contributed by atoms with E-state index in [9.17, 15) is 13.2 Å². The van der Waals surface area contributed by atoms with E-state index in [1.54, 1.807) is 24.3 Å². The Morgan fingerprint density at radius 3 is 2.53 bits per heavy atom. The summed E-state index contributed by atoms with van der Waals surface area (Å²) in [6, 6.07) is 11.6. The summed E-state index contributed by atoms with van der Waals surface area (Å²) in [6.45, 7) is 2.55. The maximum absolute atomic E-state index is 13.1. The molecule has 1 aliphatic rings. The summed E-state index contributed by atoms with van der Waals surface area (Å²) in [5, 5.41) is 3.23. The van der Waals surface area contributed by atoms with Crippen molar-refractivity contribution in [1.82, 2.24) is 0 Å². The minimum atomic E-state index is -3.91. The van der Waals surface area contributed by atoms with Gasteiger partial charge in [0.1, 0.15) is 4.90 Å². The second-order valence-electron chi connectivity index (χ2n) is 7.46. The van der Waals surface area contributed by atoms with Crippen LogP contribution in [0.5, 0.6) is 0 Å². The van der Waals surface area contributed by atoms with Gasteiger partial charge in [0.15, 0.2) is 0 Å². The van der Waals surface area contributed by atoms with Crippen molar-refractivity contribution < 1.29 is 17.9 Å². The van der Waals surface area contributed by atoms with E-state index in [1.807, 2.05) is 19.1 Å². The lowest BCUT2D eigenvalue weighted by atomic mass is 9.97. The first-order valence-electron chi connectivity index (χ1n) is 10.1. The van der Waals surface area contributed by atoms with Gasteiger partial charge in [-0.25, -0.2) is 13.2 Å². The fraction of sp³-hybridized carbons (Fsp3) is 0.348. The van der Waals surface area contributed by atoms with Crippen molar-refractivity contribution in [2.75, 3.05) is 23.7 Å². The lowest BCUT2D eigenvalue weighted by Gasteiger charge is -2.17. The number of carbonyl (C=O) groups is 1. The van der Waals surface area contributed by atoms with E-state index in [2.05, 4.69) is 16.1 Å². The van der Waals surface area contributed by atoms with E-state index in [0.29, 0.717) is 17.9 Å². The highest BCUT2D eigenvalue weighted by Gasteiger charge is 2.21. The second kappa shape index (κ2) is 9.80. The van der Waals surface area contributed by atoms with Crippen molar-refractivity contribution in [1.29, 1.82) is 0 Å². The van der Waals surface area contributed by atoms with Gasteiger partial charge in [0.05, 0.1) is 18.4 Å². The number of methoxy groups -OCH3 is 1. The van der Waals surface area contributed by atoms with E-state index < -0.39 is 16.0 Å². The third-order valence-corrected chi connectivity index (χ3v) is 6.56. The lowest BCUT2D eigenvalue weighted by molar-refractivity contribution is 0.0600. The number of aryl methyl sites for hydroxylation is 1. The largest absolute Gasteiger partial charge is 0.465 e. The normalized spacial score (nSPS) is 14.0. The van der Waals surface area contributed by atoms with Crippen LogP contribution in [0, 0.1) is 6.92 Å². The number of anilines is 2. The smallest absolute Gasteiger partial charge is 0.337 e. The van der Waals surface area contributed by atoms with Crippen LogP contribution < -0.4 is 10.0 Å². The first kappa shape index (κ1) is 21.9. The molecule has 30 heavy (non-hydrogen) atoms. The predicted octanol–water partition coefficient (Wildman–Crippen LogP) is 4.88. The molecule has 0 atom stereocenters. The molecule has 0 aromatic heterocycles. The summed E-state index contributed by atoms with van der Waals surface area (Å²) >= 11 is 0. The van der Waals surface area contributed by atoms with Gasteiger partial charge in [0.25, 0.3) is 10.0 Å². The molecular formula is C23H28N2O4S. The zero-order valence-electron chi connectivity index (χ0n) is 17.4. The standard InChI is InChI=1S/C23H28N2O4S/c1-17-8-11-20(12-9-17)25-30(27,28)22-16-19(23(26)29-2)10-13-21(22)24-15-14-18-6-4-3-5-7-18/h6,8-13,16,24-25H,3-5,7,14-15H2,1-2H3. The molecule has 3 rings (SSSR count). The molecule has 0 heterocycles. The average Bonchev–Trinajstić information content (AvgIpc) is 2.75. The van der Waals surface area contributed by atoms with Crippen LogP contribution in [-0.2, 0) is 14.8 Å². The number of ether oxygens (including phenoxy) is 1. The first-order valence-corrected chi connectivity index (χ1v) is 11.6. The molecule has 0 fully saturated rings. The van der Waals surface area contributed by atoms with Gasteiger partial charge >= 0.3 is 5.97 Å². The van der Waals surface area contributed by atoms with Crippen LogP contribution in [0.25, 0.3) is 0 Å². The van der Waals surface area contributed by atoms with Gasteiger partial charge in [-0.05, 0) is 69.4 Å². The van der Waals surface area contributed by atoms with Gasteiger partial charge in [0.2, 0.25) is 0 Å². The minimum absolute atomic E-state index is 0.0172. The molecular weight excluding hydrogens is 400 g/mol. The quantitative estimate of drug-likeness (QED) is 0.462. The molecule has 2 aromatic carbocycles. The number of rotatable bonds is 8. The van der Waals surface area contributed by atoms with Gasteiger partial charge in [-0.15, -0.1) is 0 Å². The third-order valence-electron chi connectivity index (χ3n) is 5.14. The number of sulfonamides is 1. The van der Waals surface area contributed by atoms with Crippen LogP contribution in [-0.4, -0.2) is 28.0 Å². The molecule has 0 amide bonds. The van der Waals surface area contributed by atoms with E-state index in [-0.39, 0.29) is 10.5 Å². The molecule has 0 saturated carbocycles. The highest BCUT2D eigenvalue weighted by Crippen LogP contribution is 2.27. The Kier molecular flexibility index (Phi) is 7.15. The minimum Gasteiger partial charge on any atom is -0.465 e. The molecule has 2 N–H and O–H groups in total. The van der Waals surface area contributed by atoms with Crippen LogP contribution in [0.4, 0.5) is 11.4 Å². The number of esters is 1. The Balaban J connectivity index is 1.85. The SMILES string of the molecule is COC(=O)c1ccc(NCCC2=CCCCC2)c(S(=O)(=O)Nc2ccc(C)cc2)c1. The Morgan fingerprint density at radius 1 is 1.10 bits per heavy atom. The van der Waals surface area contributed by atoms with E-state index in [0.717, 1.165) is 24.8 Å². The summed E-state index contributed by atoms with van der Waals surface area (Å²) in [4.78, 5) is 12.0. The zero-order valence-corrected chi connectivity index (χ0v) is 18.2. The topological polar surface area (TPSA) is 84.5 Å². The van der Waals surface area contributed by atoms with Crippen molar-refractivity contribution in [2.45, 2.75) is 43.9 Å². The highest BCUT2D eigenvalue weighted by molar-refractivity contribution is 7.92. The number of benzene rings is 2. The van der Waals surface area contributed by atoms with Crippen molar-refractivity contribution in [2.24, 2.45) is 0 Å². The lowest BCUT2D eigenvalue weighted by Crippen LogP contribution is -2.17. The molecule has 0 bridgehead atoms. The van der Waals surface area contributed by atoms with Crippen LogP contribution in [0.3, 0.4) is 0 Å². The monoisotopic (exact) mass is 428 g/mol. The molecule has 0 radical (unpaired) electrons. The van der Waals surface area contributed by atoms with Gasteiger partial charge in [-0.2, -0.15) is 0 Å². The number of allylic oxidation sites excluding steroid dienone is 1. The van der Waals surface area contributed by atoms with Crippen molar-refractivity contribution in [3.63, 3.8) is 0 Å². The summed E-state index contributed by atoms with van der Waals surface area (Å²) < 4.78 is 33.6. The van der Waals surface area contributed by atoms with Gasteiger partial charge in [-0.1, -0.05) is 29.3 Å². The van der Waals surface area contributed by atoms with Gasteiger partial charge in [0, 0.05) is 12.2 Å². The fourth-order valence-electron chi connectivity index (χ4n) is 3.46. The number of nitrogens with one attached hydrogen (secondary N) is 2. The number of carbonyl (C=O) groups excluding carboxylic acids is 1. The molecule has 0 saturated heterocycles. The average molecular weight is 429 g/mol. The van der Waals surface area contributed by atoms with Gasteiger partial charge < -0.3 is 10.1 Å². The van der Waals surface area contributed by atoms with E-state index in [4.69, 9.17) is 4.74 Å². The Hall–Kier alpha value is -2.80. The van der Waals surface area contributed by atoms with Crippen LogP contribution in [0.1, 0.15) is 48.0 Å². The summed E-state index contributed by atoms with van der Waals surface area (Å²) in [6.07, 6.45) is 7.80. The van der Waals surface area contributed by atoms with Crippen molar-refractivity contribution in [3.05, 3.63) is 65.2 Å². The molecule has 0 unspecified atom stereocenters. The zero-order chi connectivity index (χ0) is 21.6. The second-order valence-corrected chi connectivity index (χ2v) is 9.11. The summed E-state index contributed by atoms with van der Waals surface area (Å²) in [5.74, 6) is -0.583. The Bertz CT molecular complexity index is 1030. The maximum atomic E-state index is 13.1. The van der Waals surface area contributed by atoms with Crippen LogP contribution in [0.2, 0.25) is 0 Å². The Morgan fingerprint density at radius 2 is 1.87 bits per heavy atom. The molecule has 0 aliphatic heterocycles. The van der Waals surface area contributed by atoms with Crippen molar-refractivity contribution in [3.8, 4) is 0 Å². The molecule has 0 spiro atoms. The van der Waals surface area contributed by atoms with E-state index in [1.165, 1.54) is 31.6 Å². The highest BCUT2D eigenvalue weighted by atomic mass is 32.2. The molecule has 1 aliphatic carbocycles. The third kappa shape index (κ3) is 5.63. The summed E-state index contributed by atoms with van der Waals surface area (Å²) in [7, 11) is -2.64. The van der Waals surface area contributed by atoms with E-state index >= 15 is 0 Å². The van der Waals surface area contributed by atoms with Crippen LogP contribution >= 0.6 is 0 Å². The maximum Gasteiger partial charge on any atom is 0.337 e. The number of hydrogen-bond acceptors (Lipinski definition) is 5. The number of hydrogen-bond donors (Lipinski definition) is 2. The Labute approximate surface area is 178 Å².